The van der Waals surface area contributed by atoms with Crippen molar-refractivity contribution in [2.24, 2.45) is 0 Å². The van der Waals surface area contributed by atoms with Gasteiger partial charge in [-0.1, -0.05) is 12.1 Å². The monoisotopic (exact) mass is 296 g/mol. The molecule has 7 nitrogen and oxygen atoms in total. The van der Waals surface area contributed by atoms with Crippen LogP contribution in [0.25, 0.3) is 5.65 Å². The zero-order valence-corrected chi connectivity index (χ0v) is 11.4. The molecule has 0 aliphatic carbocycles. The molecule has 2 N–H and O–H groups in total. The second kappa shape index (κ2) is 5.65. The van der Waals surface area contributed by atoms with Crippen molar-refractivity contribution in [1.29, 1.82) is 0 Å². The minimum atomic E-state index is -0.979. The van der Waals surface area contributed by atoms with Gasteiger partial charge in [0.05, 0.1) is 11.8 Å². The van der Waals surface area contributed by atoms with E-state index in [0.717, 1.165) is 5.56 Å². The van der Waals surface area contributed by atoms with Crippen molar-refractivity contribution in [2.45, 2.75) is 6.54 Å². The molecule has 1 aromatic carbocycles. The molecule has 1 amide bonds. The first-order chi connectivity index (χ1) is 10.6. The van der Waals surface area contributed by atoms with Gasteiger partial charge >= 0.3 is 5.97 Å². The molecule has 0 spiro atoms. The summed E-state index contributed by atoms with van der Waals surface area (Å²) in [5.41, 5.74) is 1.90. The van der Waals surface area contributed by atoms with E-state index in [0.29, 0.717) is 17.8 Å². The largest absolute Gasteiger partial charge is 0.478 e. The van der Waals surface area contributed by atoms with Crippen LogP contribution >= 0.6 is 0 Å². The van der Waals surface area contributed by atoms with Crippen LogP contribution in [-0.4, -0.2) is 31.6 Å². The fourth-order valence-corrected chi connectivity index (χ4v) is 2.03. The van der Waals surface area contributed by atoms with Crippen LogP contribution in [0.1, 0.15) is 26.3 Å². The maximum absolute atomic E-state index is 12.2. The van der Waals surface area contributed by atoms with E-state index in [1.807, 2.05) is 0 Å². The van der Waals surface area contributed by atoms with Gasteiger partial charge in [-0.3, -0.25) is 4.79 Å². The van der Waals surface area contributed by atoms with Crippen LogP contribution in [0, 0.1) is 0 Å². The summed E-state index contributed by atoms with van der Waals surface area (Å²) >= 11 is 0. The summed E-state index contributed by atoms with van der Waals surface area (Å²) in [4.78, 5) is 27.1. The Kier molecular flexibility index (Phi) is 3.53. The molecule has 7 heteroatoms. The highest BCUT2D eigenvalue weighted by molar-refractivity contribution is 5.99. The molecular formula is C15H12N4O3. The quantitative estimate of drug-likeness (QED) is 0.757. The maximum atomic E-state index is 12.2. The lowest BCUT2D eigenvalue weighted by Crippen LogP contribution is -2.22. The zero-order chi connectivity index (χ0) is 15.5. The SMILES string of the molecule is O=C(O)c1ccc(CNC(=O)c2cnn3cccnc23)cc1. The number of fused-ring (bicyclic) bond motifs is 1. The number of carbonyl (C=O) groups excluding carboxylic acids is 1. The molecule has 0 bridgehead atoms. The average Bonchev–Trinajstić information content (AvgIpc) is 2.97. The van der Waals surface area contributed by atoms with Crippen LogP contribution in [-0.2, 0) is 6.54 Å². The molecule has 2 aromatic heterocycles. The van der Waals surface area contributed by atoms with Gasteiger partial charge in [0, 0.05) is 18.9 Å². The highest BCUT2D eigenvalue weighted by Crippen LogP contribution is 2.08. The molecule has 0 aliphatic rings. The molecule has 110 valence electrons. The Morgan fingerprint density at radius 3 is 2.73 bits per heavy atom. The van der Waals surface area contributed by atoms with Crippen molar-refractivity contribution in [1.82, 2.24) is 19.9 Å². The number of hydrogen-bond acceptors (Lipinski definition) is 4. The second-order valence-corrected chi connectivity index (χ2v) is 4.63. The number of nitrogens with one attached hydrogen (secondary N) is 1. The zero-order valence-electron chi connectivity index (χ0n) is 11.4. The van der Waals surface area contributed by atoms with Crippen molar-refractivity contribution >= 4 is 17.5 Å². The van der Waals surface area contributed by atoms with Gasteiger partial charge in [-0.25, -0.2) is 14.3 Å². The van der Waals surface area contributed by atoms with E-state index in [1.165, 1.54) is 22.8 Å². The van der Waals surface area contributed by atoms with Gasteiger partial charge < -0.3 is 10.4 Å². The van der Waals surface area contributed by atoms with Crippen LogP contribution in [0.15, 0.2) is 48.9 Å². The smallest absolute Gasteiger partial charge is 0.335 e. The van der Waals surface area contributed by atoms with Crippen LogP contribution in [0.3, 0.4) is 0 Å². The molecule has 0 unspecified atom stereocenters. The van der Waals surface area contributed by atoms with Gasteiger partial charge in [0.1, 0.15) is 5.56 Å². The van der Waals surface area contributed by atoms with Crippen molar-refractivity contribution in [3.8, 4) is 0 Å². The van der Waals surface area contributed by atoms with Crippen molar-refractivity contribution < 1.29 is 14.7 Å². The number of carbonyl (C=O) groups is 2. The summed E-state index contributed by atoms with van der Waals surface area (Å²) < 4.78 is 1.52. The Morgan fingerprint density at radius 2 is 2.00 bits per heavy atom. The number of aromatic carboxylic acids is 1. The minimum Gasteiger partial charge on any atom is -0.478 e. The first-order valence-corrected chi connectivity index (χ1v) is 6.54. The van der Waals surface area contributed by atoms with Crippen LogP contribution in [0.2, 0.25) is 0 Å². The standard InChI is InChI=1S/C15H12N4O3/c20-14(12-9-18-19-7-1-6-16-13(12)19)17-8-10-2-4-11(5-3-10)15(21)22/h1-7,9H,8H2,(H,17,20)(H,21,22). The number of rotatable bonds is 4. The number of amides is 1. The molecule has 3 aromatic rings. The Bertz CT molecular complexity index is 839. The molecule has 0 aliphatic heterocycles. The van der Waals surface area contributed by atoms with Gasteiger partial charge in [0.15, 0.2) is 5.65 Å². The number of nitrogens with zero attached hydrogens (tertiary/aromatic N) is 3. The topological polar surface area (TPSA) is 96.6 Å². The van der Waals surface area contributed by atoms with Crippen molar-refractivity contribution in [3.63, 3.8) is 0 Å². The number of hydrogen-bond donors (Lipinski definition) is 2. The summed E-state index contributed by atoms with van der Waals surface area (Å²) in [6.45, 7) is 0.295. The fraction of sp³-hybridized carbons (Fsp3) is 0.0667. The Morgan fingerprint density at radius 1 is 1.23 bits per heavy atom. The van der Waals surface area contributed by atoms with E-state index in [-0.39, 0.29) is 11.5 Å². The summed E-state index contributed by atoms with van der Waals surface area (Å²) in [6, 6.07) is 8.06. The first kappa shape index (κ1) is 13.7. The first-order valence-electron chi connectivity index (χ1n) is 6.54. The van der Waals surface area contributed by atoms with Gasteiger partial charge in [0.25, 0.3) is 5.91 Å². The van der Waals surface area contributed by atoms with Crippen LogP contribution < -0.4 is 5.32 Å². The predicted molar refractivity (Wildman–Crippen MR) is 77.6 cm³/mol. The molecule has 0 saturated heterocycles. The lowest BCUT2D eigenvalue weighted by molar-refractivity contribution is 0.0696. The normalized spacial score (nSPS) is 10.5. The van der Waals surface area contributed by atoms with E-state index in [1.54, 1.807) is 30.6 Å². The van der Waals surface area contributed by atoms with Gasteiger partial charge in [-0.05, 0) is 23.8 Å². The molecule has 0 fully saturated rings. The lowest BCUT2D eigenvalue weighted by atomic mass is 10.1. The minimum absolute atomic E-state index is 0.210. The molecular weight excluding hydrogens is 284 g/mol. The number of carboxylic acid groups (broad SMARTS) is 1. The van der Waals surface area contributed by atoms with Gasteiger partial charge in [-0.15, -0.1) is 0 Å². The predicted octanol–water partition coefficient (Wildman–Crippen LogP) is 1.36. The van der Waals surface area contributed by atoms with Crippen molar-refractivity contribution in [2.75, 3.05) is 0 Å². The van der Waals surface area contributed by atoms with Gasteiger partial charge in [-0.2, -0.15) is 5.10 Å². The Hall–Kier alpha value is -3.22. The number of aromatic nitrogens is 3. The molecule has 3 rings (SSSR count). The molecule has 0 radical (unpaired) electrons. The number of benzene rings is 1. The Balaban J connectivity index is 1.71. The highest BCUT2D eigenvalue weighted by atomic mass is 16.4. The summed E-state index contributed by atoms with van der Waals surface area (Å²) in [6.07, 6.45) is 4.77. The van der Waals surface area contributed by atoms with Gasteiger partial charge in [0.2, 0.25) is 0 Å². The average molecular weight is 296 g/mol. The van der Waals surface area contributed by atoms with E-state index in [2.05, 4.69) is 15.4 Å². The third kappa shape index (κ3) is 2.64. The summed E-state index contributed by atoms with van der Waals surface area (Å²) in [7, 11) is 0. The Labute approximate surface area is 125 Å². The van der Waals surface area contributed by atoms with Crippen molar-refractivity contribution in [3.05, 3.63) is 65.6 Å². The van der Waals surface area contributed by atoms with Crippen LogP contribution in [0.5, 0.6) is 0 Å². The number of carboxylic acids is 1. The molecule has 2 heterocycles. The van der Waals surface area contributed by atoms with E-state index >= 15 is 0 Å². The molecule has 22 heavy (non-hydrogen) atoms. The van der Waals surface area contributed by atoms with Crippen LogP contribution in [0.4, 0.5) is 0 Å². The fourth-order valence-electron chi connectivity index (χ4n) is 2.03. The third-order valence-corrected chi connectivity index (χ3v) is 3.18. The second-order valence-electron chi connectivity index (χ2n) is 4.63. The lowest BCUT2D eigenvalue weighted by Gasteiger charge is -2.04. The molecule has 0 saturated carbocycles. The highest BCUT2D eigenvalue weighted by Gasteiger charge is 2.13. The summed E-state index contributed by atoms with van der Waals surface area (Å²) in [5.74, 6) is -1.26. The van der Waals surface area contributed by atoms with E-state index in [9.17, 15) is 9.59 Å². The maximum Gasteiger partial charge on any atom is 0.335 e. The third-order valence-electron chi connectivity index (χ3n) is 3.18. The van der Waals surface area contributed by atoms with E-state index in [4.69, 9.17) is 5.11 Å². The molecule has 0 atom stereocenters. The van der Waals surface area contributed by atoms with E-state index < -0.39 is 5.97 Å². The summed E-state index contributed by atoms with van der Waals surface area (Å²) in [5, 5.41) is 15.6.